The van der Waals surface area contributed by atoms with Crippen molar-refractivity contribution in [1.29, 1.82) is 0 Å². The summed E-state index contributed by atoms with van der Waals surface area (Å²) in [4.78, 5) is 12.7. The van der Waals surface area contributed by atoms with E-state index in [0.717, 1.165) is 43.1 Å². The third-order valence-corrected chi connectivity index (χ3v) is 4.69. The van der Waals surface area contributed by atoms with Crippen LogP contribution in [-0.4, -0.2) is 28.8 Å². The number of hydrogen-bond acceptors (Lipinski definition) is 3. The predicted molar refractivity (Wildman–Crippen MR) is 101 cm³/mol. The third-order valence-electron chi connectivity index (χ3n) is 4.69. The molecule has 3 rings (SSSR count). The van der Waals surface area contributed by atoms with Crippen LogP contribution in [0.5, 0.6) is 0 Å². The van der Waals surface area contributed by atoms with E-state index in [1.165, 1.54) is 5.56 Å². The minimum Gasteiger partial charge on any atom is -0.317 e. The quantitative estimate of drug-likeness (QED) is 0.900. The van der Waals surface area contributed by atoms with Gasteiger partial charge in [0.2, 0.25) is 5.91 Å². The van der Waals surface area contributed by atoms with Gasteiger partial charge in [0.1, 0.15) is 5.82 Å². The number of nitrogens with zero attached hydrogens (tertiary/aromatic N) is 2. The van der Waals surface area contributed by atoms with Gasteiger partial charge in [0.05, 0.1) is 11.4 Å². The fraction of sp³-hybridized carbons (Fsp3) is 0.500. The summed E-state index contributed by atoms with van der Waals surface area (Å²) >= 11 is 0. The highest BCUT2D eigenvalue weighted by Crippen LogP contribution is 2.27. The Kier molecular flexibility index (Phi) is 4.95. The van der Waals surface area contributed by atoms with E-state index in [2.05, 4.69) is 50.5 Å². The number of aromatic nitrogens is 2. The van der Waals surface area contributed by atoms with Crippen LogP contribution in [0, 0.1) is 12.8 Å². The van der Waals surface area contributed by atoms with Crippen LogP contribution in [-0.2, 0) is 10.2 Å². The summed E-state index contributed by atoms with van der Waals surface area (Å²) in [6.07, 6.45) is 1.77. The van der Waals surface area contributed by atoms with E-state index in [4.69, 9.17) is 5.10 Å². The van der Waals surface area contributed by atoms with Gasteiger partial charge in [0.15, 0.2) is 0 Å². The van der Waals surface area contributed by atoms with Gasteiger partial charge in [-0.1, -0.05) is 32.9 Å². The molecule has 0 radical (unpaired) electrons. The van der Waals surface area contributed by atoms with Crippen LogP contribution in [0.1, 0.15) is 44.9 Å². The Labute approximate surface area is 149 Å². The number of amides is 1. The number of rotatable bonds is 3. The van der Waals surface area contributed by atoms with E-state index in [0.29, 0.717) is 0 Å². The molecule has 2 heterocycles. The summed E-state index contributed by atoms with van der Waals surface area (Å²) in [7, 11) is 0. The van der Waals surface area contributed by atoms with Gasteiger partial charge in [-0.05, 0) is 50.6 Å². The number of nitrogens with one attached hydrogen (secondary N) is 2. The standard InChI is InChI=1S/C20H28N4O/c1-14-6-5-7-16(12-14)24-18(13-17(23-24)20(2,3)4)22-19(25)15-8-10-21-11-9-15/h5-7,12-13,15,21H,8-11H2,1-4H3,(H,22,25). The van der Waals surface area contributed by atoms with Crippen molar-refractivity contribution >= 4 is 11.7 Å². The largest absolute Gasteiger partial charge is 0.317 e. The van der Waals surface area contributed by atoms with Crippen LogP contribution in [0.4, 0.5) is 5.82 Å². The normalized spacial score (nSPS) is 16.0. The van der Waals surface area contributed by atoms with Crippen LogP contribution in [0.2, 0.25) is 0 Å². The lowest BCUT2D eigenvalue weighted by atomic mass is 9.92. The lowest BCUT2D eigenvalue weighted by Crippen LogP contribution is -2.35. The molecule has 1 aromatic heterocycles. The van der Waals surface area contributed by atoms with Crippen molar-refractivity contribution in [1.82, 2.24) is 15.1 Å². The highest BCUT2D eigenvalue weighted by molar-refractivity contribution is 5.92. The molecular formula is C20H28N4O. The number of carbonyl (C=O) groups excluding carboxylic acids is 1. The first-order valence-electron chi connectivity index (χ1n) is 9.04. The topological polar surface area (TPSA) is 59.0 Å². The van der Waals surface area contributed by atoms with Crippen LogP contribution >= 0.6 is 0 Å². The van der Waals surface area contributed by atoms with Crippen molar-refractivity contribution in [2.24, 2.45) is 5.92 Å². The van der Waals surface area contributed by atoms with Crippen LogP contribution < -0.4 is 10.6 Å². The van der Waals surface area contributed by atoms with Gasteiger partial charge in [-0.15, -0.1) is 0 Å². The van der Waals surface area contributed by atoms with Gasteiger partial charge in [-0.2, -0.15) is 5.10 Å². The maximum atomic E-state index is 12.7. The van der Waals surface area contributed by atoms with E-state index >= 15 is 0 Å². The van der Waals surface area contributed by atoms with E-state index < -0.39 is 0 Å². The van der Waals surface area contributed by atoms with Crippen LogP contribution in [0.15, 0.2) is 30.3 Å². The summed E-state index contributed by atoms with van der Waals surface area (Å²) in [5.74, 6) is 0.912. The minimum absolute atomic E-state index is 0.0696. The molecule has 0 bridgehead atoms. The van der Waals surface area contributed by atoms with Gasteiger partial charge in [-0.25, -0.2) is 4.68 Å². The van der Waals surface area contributed by atoms with E-state index in [1.807, 2.05) is 22.9 Å². The summed E-state index contributed by atoms with van der Waals surface area (Å²) in [5.41, 5.74) is 3.02. The molecule has 1 aliphatic heterocycles. The molecule has 1 saturated heterocycles. The Balaban J connectivity index is 1.93. The number of benzene rings is 1. The zero-order chi connectivity index (χ0) is 18.0. The van der Waals surface area contributed by atoms with E-state index in [9.17, 15) is 4.79 Å². The highest BCUT2D eigenvalue weighted by Gasteiger charge is 2.25. The Bertz CT molecular complexity index is 751. The molecule has 134 valence electrons. The van der Waals surface area contributed by atoms with Crippen molar-refractivity contribution in [3.8, 4) is 5.69 Å². The third kappa shape index (κ3) is 4.10. The molecule has 0 atom stereocenters. The molecule has 1 aromatic carbocycles. The molecule has 0 saturated carbocycles. The zero-order valence-electron chi connectivity index (χ0n) is 15.6. The SMILES string of the molecule is Cc1cccc(-n2nc(C(C)(C)C)cc2NC(=O)C2CCNCC2)c1. The Morgan fingerprint density at radius 3 is 2.60 bits per heavy atom. The molecule has 1 amide bonds. The molecule has 2 aromatic rings. The maximum absolute atomic E-state index is 12.7. The average Bonchev–Trinajstić information content (AvgIpc) is 3.00. The summed E-state index contributed by atoms with van der Waals surface area (Å²) in [6, 6.07) is 10.2. The number of hydrogen-bond donors (Lipinski definition) is 2. The van der Waals surface area contributed by atoms with Gasteiger partial charge < -0.3 is 10.6 Å². The van der Waals surface area contributed by atoms with Crippen LogP contribution in [0.25, 0.3) is 5.69 Å². The highest BCUT2D eigenvalue weighted by atomic mass is 16.2. The lowest BCUT2D eigenvalue weighted by molar-refractivity contribution is -0.120. The molecule has 25 heavy (non-hydrogen) atoms. The zero-order valence-corrected chi connectivity index (χ0v) is 15.6. The summed E-state index contributed by atoms with van der Waals surface area (Å²) in [6.45, 7) is 10.3. The van der Waals surface area contributed by atoms with Crippen molar-refractivity contribution in [3.05, 3.63) is 41.6 Å². The first-order chi connectivity index (χ1) is 11.8. The van der Waals surface area contributed by atoms with Gasteiger partial charge >= 0.3 is 0 Å². The maximum Gasteiger partial charge on any atom is 0.228 e. The first-order valence-corrected chi connectivity index (χ1v) is 9.04. The van der Waals surface area contributed by atoms with Crippen molar-refractivity contribution < 1.29 is 4.79 Å². The van der Waals surface area contributed by atoms with Crippen molar-refractivity contribution in [2.75, 3.05) is 18.4 Å². The summed E-state index contributed by atoms with van der Waals surface area (Å²) < 4.78 is 1.85. The second-order valence-corrected chi connectivity index (χ2v) is 7.93. The van der Waals surface area contributed by atoms with Gasteiger partial charge in [-0.3, -0.25) is 4.79 Å². The van der Waals surface area contributed by atoms with Crippen molar-refractivity contribution in [2.45, 2.75) is 46.0 Å². The van der Waals surface area contributed by atoms with Gasteiger partial charge in [0.25, 0.3) is 0 Å². The molecule has 1 fully saturated rings. The fourth-order valence-electron chi connectivity index (χ4n) is 3.11. The molecule has 0 spiro atoms. The molecule has 0 aliphatic carbocycles. The predicted octanol–water partition coefficient (Wildman–Crippen LogP) is 3.42. The molecule has 5 heteroatoms. The molecule has 1 aliphatic rings. The Hall–Kier alpha value is -2.14. The smallest absolute Gasteiger partial charge is 0.228 e. The number of piperidine rings is 1. The minimum atomic E-state index is -0.0800. The van der Waals surface area contributed by atoms with Gasteiger partial charge in [0, 0.05) is 17.4 Å². The number of carbonyl (C=O) groups is 1. The van der Waals surface area contributed by atoms with E-state index in [-0.39, 0.29) is 17.2 Å². The second kappa shape index (κ2) is 7.00. The molecule has 0 unspecified atom stereocenters. The number of anilines is 1. The summed E-state index contributed by atoms with van der Waals surface area (Å²) in [5, 5.41) is 11.2. The second-order valence-electron chi connectivity index (χ2n) is 7.93. The van der Waals surface area contributed by atoms with E-state index in [1.54, 1.807) is 0 Å². The first kappa shape index (κ1) is 17.7. The average molecular weight is 340 g/mol. The molecule has 5 nitrogen and oxygen atoms in total. The monoisotopic (exact) mass is 340 g/mol. The van der Waals surface area contributed by atoms with Crippen molar-refractivity contribution in [3.63, 3.8) is 0 Å². The Morgan fingerprint density at radius 2 is 1.96 bits per heavy atom. The molecular weight excluding hydrogens is 312 g/mol. The fourth-order valence-corrected chi connectivity index (χ4v) is 3.11. The lowest BCUT2D eigenvalue weighted by Gasteiger charge is -2.21. The Morgan fingerprint density at radius 1 is 1.24 bits per heavy atom. The molecule has 2 N–H and O–H groups in total. The van der Waals surface area contributed by atoms with Crippen LogP contribution in [0.3, 0.4) is 0 Å². The number of aryl methyl sites for hydroxylation is 1.